The second-order valence-electron chi connectivity index (χ2n) is 6.03. The Balaban J connectivity index is 1.58. The predicted molar refractivity (Wildman–Crippen MR) is 97.1 cm³/mol. The highest BCUT2D eigenvalue weighted by molar-refractivity contribution is 7.13. The van der Waals surface area contributed by atoms with Crippen molar-refractivity contribution in [3.8, 4) is 10.4 Å². The predicted octanol–water partition coefficient (Wildman–Crippen LogP) is 3.30. The molecule has 1 unspecified atom stereocenters. The highest BCUT2D eigenvalue weighted by Crippen LogP contribution is 2.27. The van der Waals surface area contributed by atoms with E-state index in [0.29, 0.717) is 5.82 Å². The van der Waals surface area contributed by atoms with Crippen LogP contribution in [0.5, 0.6) is 0 Å². The Bertz CT molecular complexity index is 857. The van der Waals surface area contributed by atoms with Gasteiger partial charge in [0.2, 0.25) is 5.91 Å². The molecule has 0 spiro atoms. The third-order valence-electron chi connectivity index (χ3n) is 4.36. The van der Waals surface area contributed by atoms with Crippen LogP contribution >= 0.6 is 11.3 Å². The molecule has 0 aliphatic carbocycles. The maximum Gasteiger partial charge on any atom is 0.229 e. The first-order valence-electron chi connectivity index (χ1n) is 8.10. The van der Waals surface area contributed by atoms with E-state index in [2.05, 4.69) is 32.7 Å². The van der Waals surface area contributed by atoms with Crippen LogP contribution in [-0.2, 0) is 4.79 Å². The Labute approximate surface area is 144 Å². The van der Waals surface area contributed by atoms with Crippen molar-refractivity contribution in [3.05, 3.63) is 42.2 Å². The summed E-state index contributed by atoms with van der Waals surface area (Å²) in [5, 5.41) is 8.35. The molecule has 6 heteroatoms. The van der Waals surface area contributed by atoms with Gasteiger partial charge in [-0.1, -0.05) is 12.1 Å². The van der Waals surface area contributed by atoms with Crippen LogP contribution in [0.2, 0.25) is 0 Å². The lowest BCUT2D eigenvalue weighted by molar-refractivity contribution is -0.120. The van der Waals surface area contributed by atoms with E-state index in [1.807, 2.05) is 23.8 Å². The summed E-state index contributed by atoms with van der Waals surface area (Å²) in [4.78, 5) is 22.0. The fraction of sp³-hybridized carbons (Fsp3) is 0.278. The van der Waals surface area contributed by atoms with Crippen LogP contribution in [0, 0.1) is 5.92 Å². The van der Waals surface area contributed by atoms with Gasteiger partial charge < -0.3 is 10.6 Å². The monoisotopic (exact) mass is 338 g/mol. The standard InChI is InChI=1S/C18H18N4OS/c23-18(14-2-1-5-19-8-14)22-17-7-15-6-12(16-10-20-11-24-16)3-4-13(15)9-21-17/h3-4,6-7,9-11,14,19H,1-2,5,8H2,(H,21,22,23). The summed E-state index contributed by atoms with van der Waals surface area (Å²) in [6.45, 7) is 1.74. The van der Waals surface area contributed by atoms with E-state index in [1.54, 1.807) is 17.5 Å². The van der Waals surface area contributed by atoms with Crippen molar-refractivity contribution in [2.45, 2.75) is 12.8 Å². The molecule has 0 radical (unpaired) electrons. The first-order chi connectivity index (χ1) is 11.8. The number of rotatable bonds is 3. The van der Waals surface area contributed by atoms with Crippen LogP contribution in [0.1, 0.15) is 12.8 Å². The second-order valence-corrected chi connectivity index (χ2v) is 6.92. The number of anilines is 1. The molecule has 3 aromatic rings. The molecule has 0 bridgehead atoms. The van der Waals surface area contributed by atoms with Gasteiger partial charge >= 0.3 is 0 Å². The van der Waals surface area contributed by atoms with Gasteiger partial charge in [0.25, 0.3) is 0 Å². The summed E-state index contributed by atoms with van der Waals surface area (Å²) < 4.78 is 0. The van der Waals surface area contributed by atoms with Gasteiger partial charge in [0.15, 0.2) is 0 Å². The molecule has 1 aliphatic rings. The number of thiazole rings is 1. The summed E-state index contributed by atoms with van der Waals surface area (Å²) >= 11 is 1.61. The number of fused-ring (bicyclic) bond motifs is 1. The Hall–Kier alpha value is -2.31. The van der Waals surface area contributed by atoms with Gasteiger partial charge in [-0.05, 0) is 42.5 Å². The molecule has 3 heterocycles. The van der Waals surface area contributed by atoms with Crippen molar-refractivity contribution in [3.63, 3.8) is 0 Å². The number of piperidine rings is 1. The minimum Gasteiger partial charge on any atom is -0.316 e. The SMILES string of the molecule is O=C(Nc1cc2cc(-c3cncs3)ccc2cn1)C1CCCNC1. The molecule has 1 amide bonds. The molecule has 1 aliphatic heterocycles. The number of pyridine rings is 1. The Kier molecular flexibility index (Phi) is 4.23. The van der Waals surface area contributed by atoms with Crippen molar-refractivity contribution in [2.75, 3.05) is 18.4 Å². The minimum atomic E-state index is 0.0276. The Morgan fingerprint density at radius 2 is 2.21 bits per heavy atom. The molecule has 1 atom stereocenters. The van der Waals surface area contributed by atoms with Crippen LogP contribution in [0.3, 0.4) is 0 Å². The smallest absolute Gasteiger partial charge is 0.229 e. The number of aromatic nitrogens is 2. The summed E-state index contributed by atoms with van der Waals surface area (Å²) in [5.74, 6) is 0.687. The molecule has 5 nitrogen and oxygen atoms in total. The first-order valence-corrected chi connectivity index (χ1v) is 8.98. The van der Waals surface area contributed by atoms with E-state index in [4.69, 9.17) is 0 Å². The first kappa shape index (κ1) is 15.2. The lowest BCUT2D eigenvalue weighted by Crippen LogP contribution is -2.37. The number of hydrogen-bond acceptors (Lipinski definition) is 5. The van der Waals surface area contributed by atoms with Gasteiger partial charge in [0.1, 0.15) is 5.82 Å². The average Bonchev–Trinajstić information content (AvgIpc) is 3.16. The molecule has 4 rings (SSSR count). The number of amides is 1. The van der Waals surface area contributed by atoms with Gasteiger partial charge in [0.05, 0.1) is 16.3 Å². The zero-order valence-corrected chi connectivity index (χ0v) is 14.0. The van der Waals surface area contributed by atoms with E-state index >= 15 is 0 Å². The lowest BCUT2D eigenvalue weighted by Gasteiger charge is -2.21. The number of hydrogen-bond donors (Lipinski definition) is 2. The van der Waals surface area contributed by atoms with Crippen molar-refractivity contribution < 1.29 is 4.79 Å². The Morgan fingerprint density at radius 3 is 3.00 bits per heavy atom. The highest BCUT2D eigenvalue weighted by Gasteiger charge is 2.21. The molecule has 1 fully saturated rings. The van der Waals surface area contributed by atoms with E-state index in [1.165, 1.54) is 0 Å². The molecular formula is C18H18N4OS. The van der Waals surface area contributed by atoms with E-state index in [0.717, 1.165) is 47.1 Å². The molecule has 122 valence electrons. The van der Waals surface area contributed by atoms with Crippen LogP contribution in [0.25, 0.3) is 21.2 Å². The fourth-order valence-electron chi connectivity index (χ4n) is 3.02. The van der Waals surface area contributed by atoms with Gasteiger partial charge in [-0.25, -0.2) is 4.98 Å². The van der Waals surface area contributed by atoms with E-state index in [-0.39, 0.29) is 11.8 Å². The summed E-state index contributed by atoms with van der Waals surface area (Å²) in [6, 6.07) is 8.17. The van der Waals surface area contributed by atoms with E-state index in [9.17, 15) is 4.79 Å². The average molecular weight is 338 g/mol. The number of carbonyl (C=O) groups excluding carboxylic acids is 1. The van der Waals surface area contributed by atoms with Gasteiger partial charge in [-0.3, -0.25) is 9.78 Å². The van der Waals surface area contributed by atoms with Crippen LogP contribution in [0.4, 0.5) is 5.82 Å². The zero-order chi connectivity index (χ0) is 16.4. The quantitative estimate of drug-likeness (QED) is 0.769. The third-order valence-corrected chi connectivity index (χ3v) is 5.18. The largest absolute Gasteiger partial charge is 0.316 e. The highest BCUT2D eigenvalue weighted by atomic mass is 32.1. The molecular weight excluding hydrogens is 320 g/mol. The second kappa shape index (κ2) is 6.67. The minimum absolute atomic E-state index is 0.0276. The van der Waals surface area contributed by atoms with Crippen LogP contribution < -0.4 is 10.6 Å². The normalized spacial score (nSPS) is 17.8. The molecule has 1 aromatic carbocycles. The number of benzene rings is 1. The summed E-state index contributed by atoms with van der Waals surface area (Å²) in [6.07, 6.45) is 5.65. The molecule has 2 aromatic heterocycles. The molecule has 1 saturated heterocycles. The van der Waals surface area contributed by atoms with Crippen molar-refractivity contribution in [1.82, 2.24) is 15.3 Å². The summed E-state index contributed by atoms with van der Waals surface area (Å²) in [5.41, 5.74) is 2.96. The molecule has 0 saturated carbocycles. The number of nitrogens with zero attached hydrogens (tertiary/aromatic N) is 2. The Morgan fingerprint density at radius 1 is 1.25 bits per heavy atom. The van der Waals surface area contributed by atoms with Crippen LogP contribution in [0.15, 0.2) is 42.2 Å². The van der Waals surface area contributed by atoms with Crippen molar-refractivity contribution >= 4 is 33.8 Å². The summed E-state index contributed by atoms with van der Waals surface area (Å²) in [7, 11) is 0. The lowest BCUT2D eigenvalue weighted by atomic mass is 9.99. The third kappa shape index (κ3) is 3.16. The maximum atomic E-state index is 12.4. The maximum absolute atomic E-state index is 12.4. The number of carbonyl (C=O) groups is 1. The van der Waals surface area contributed by atoms with Crippen molar-refractivity contribution in [2.24, 2.45) is 5.92 Å². The fourth-order valence-corrected chi connectivity index (χ4v) is 3.64. The van der Waals surface area contributed by atoms with Gasteiger partial charge in [-0.2, -0.15) is 0 Å². The topological polar surface area (TPSA) is 66.9 Å². The van der Waals surface area contributed by atoms with Crippen LogP contribution in [-0.4, -0.2) is 29.0 Å². The molecule has 24 heavy (non-hydrogen) atoms. The van der Waals surface area contributed by atoms with E-state index < -0.39 is 0 Å². The van der Waals surface area contributed by atoms with Gasteiger partial charge in [-0.15, -0.1) is 11.3 Å². The van der Waals surface area contributed by atoms with Gasteiger partial charge in [0, 0.05) is 24.3 Å². The zero-order valence-electron chi connectivity index (χ0n) is 13.2. The molecule has 2 N–H and O–H groups in total. The number of nitrogens with one attached hydrogen (secondary N) is 2. The van der Waals surface area contributed by atoms with Crippen molar-refractivity contribution in [1.29, 1.82) is 0 Å².